The first-order valence-corrected chi connectivity index (χ1v) is 13.7. The van der Waals surface area contributed by atoms with Gasteiger partial charge in [0.05, 0.1) is 16.7 Å². The van der Waals surface area contributed by atoms with E-state index in [0.717, 1.165) is 48.3 Å². The molecule has 2 fully saturated rings. The van der Waals surface area contributed by atoms with Crippen LogP contribution in [0, 0.1) is 17.6 Å². The molecule has 1 aliphatic carbocycles. The lowest BCUT2D eigenvalue weighted by Gasteiger charge is -2.38. The van der Waals surface area contributed by atoms with Crippen LogP contribution in [0.5, 0.6) is 0 Å². The number of benzene rings is 2. The molecule has 2 heterocycles. The van der Waals surface area contributed by atoms with Crippen molar-refractivity contribution >= 4 is 28.5 Å². The molecule has 2 aliphatic rings. The van der Waals surface area contributed by atoms with Crippen LogP contribution in [0.1, 0.15) is 50.5 Å². The Morgan fingerprint density at radius 3 is 2.35 bits per heavy atom. The monoisotopic (exact) mass is 484 g/mol. The Hall–Kier alpha value is -2.12. The van der Waals surface area contributed by atoms with Gasteiger partial charge < -0.3 is 9.88 Å². The van der Waals surface area contributed by atoms with E-state index >= 15 is 4.39 Å². The highest BCUT2D eigenvalue weighted by Crippen LogP contribution is 2.30. The number of anilines is 1. The lowest BCUT2D eigenvalue weighted by atomic mass is 9.90. The highest BCUT2D eigenvalue weighted by Gasteiger charge is 2.23. The van der Waals surface area contributed by atoms with Crippen LogP contribution < -0.4 is 4.90 Å². The molecular weight excluding hydrogens is 450 g/mol. The second-order valence-corrected chi connectivity index (χ2v) is 10.7. The van der Waals surface area contributed by atoms with Crippen LogP contribution in [0.25, 0.3) is 11.0 Å². The van der Waals surface area contributed by atoms with Crippen molar-refractivity contribution in [2.45, 2.75) is 55.9 Å². The predicted molar refractivity (Wildman–Crippen MR) is 136 cm³/mol. The van der Waals surface area contributed by atoms with Crippen molar-refractivity contribution in [1.82, 2.24) is 14.9 Å². The van der Waals surface area contributed by atoms with Gasteiger partial charge in [0.1, 0.15) is 11.6 Å². The van der Waals surface area contributed by atoms with E-state index in [1.165, 1.54) is 63.6 Å². The standard InChI is InChI=1S/C27H34F2N4S/c28-22-10-8-21(9-11-22)19-34-27-30-24-16-23(29)26(17-25(24)31-27)33-14-12-32(13-15-33)18-20-6-4-2-1-3-5-7-20/h8-11,16-17,20H,1-7,12-15,18-19H2,(H,30,31). The number of hydrogen-bond donors (Lipinski definition) is 1. The fourth-order valence-corrected chi connectivity index (χ4v) is 6.14. The number of nitrogens with zero attached hydrogens (tertiary/aromatic N) is 3. The number of H-pyrrole nitrogens is 1. The second kappa shape index (κ2) is 11.1. The SMILES string of the molecule is Fc1ccc(CSc2nc3cc(N4CCN(CC5CCCCCCC5)CC4)c(F)cc3[nH]2)cc1. The zero-order valence-corrected chi connectivity index (χ0v) is 20.6. The summed E-state index contributed by atoms with van der Waals surface area (Å²) in [6.07, 6.45) is 9.69. The van der Waals surface area contributed by atoms with Crippen molar-refractivity contribution in [3.63, 3.8) is 0 Å². The molecule has 0 unspecified atom stereocenters. The number of thioether (sulfide) groups is 1. The van der Waals surface area contributed by atoms with Crippen LogP contribution >= 0.6 is 11.8 Å². The van der Waals surface area contributed by atoms with Crippen molar-refractivity contribution in [3.05, 3.63) is 53.6 Å². The molecule has 3 aromatic rings. The second-order valence-electron chi connectivity index (χ2n) is 9.78. The van der Waals surface area contributed by atoms with Gasteiger partial charge in [-0.05, 0) is 42.5 Å². The maximum absolute atomic E-state index is 15.0. The Morgan fingerprint density at radius 2 is 1.62 bits per heavy atom. The highest BCUT2D eigenvalue weighted by molar-refractivity contribution is 7.98. The summed E-state index contributed by atoms with van der Waals surface area (Å²) in [5, 5.41) is 0.750. The third-order valence-corrected chi connectivity index (χ3v) is 8.22. The molecule has 34 heavy (non-hydrogen) atoms. The highest BCUT2D eigenvalue weighted by atomic mass is 32.2. The van der Waals surface area contributed by atoms with Crippen molar-refractivity contribution in [3.8, 4) is 0 Å². The lowest BCUT2D eigenvalue weighted by Crippen LogP contribution is -2.48. The predicted octanol–water partition coefficient (Wildman–Crippen LogP) is 6.62. The third-order valence-electron chi connectivity index (χ3n) is 7.27. The summed E-state index contributed by atoms with van der Waals surface area (Å²) in [6.45, 7) is 4.89. The molecule has 5 rings (SSSR count). The summed E-state index contributed by atoms with van der Waals surface area (Å²) in [7, 11) is 0. The summed E-state index contributed by atoms with van der Waals surface area (Å²) in [4.78, 5) is 12.7. The number of aromatic nitrogens is 2. The number of halogens is 2. The summed E-state index contributed by atoms with van der Waals surface area (Å²) < 4.78 is 28.1. The van der Waals surface area contributed by atoms with Gasteiger partial charge in [0, 0.05) is 44.5 Å². The van der Waals surface area contributed by atoms with Gasteiger partial charge in [-0.15, -0.1) is 0 Å². The van der Waals surface area contributed by atoms with E-state index in [4.69, 9.17) is 0 Å². The number of rotatable bonds is 6. The molecule has 1 saturated carbocycles. The fraction of sp³-hybridized carbons (Fsp3) is 0.519. The minimum Gasteiger partial charge on any atom is -0.367 e. The molecule has 4 nitrogen and oxygen atoms in total. The topological polar surface area (TPSA) is 35.2 Å². The Bertz CT molecular complexity index is 1070. The van der Waals surface area contributed by atoms with E-state index in [9.17, 15) is 4.39 Å². The Morgan fingerprint density at radius 1 is 0.912 bits per heavy atom. The maximum atomic E-state index is 15.0. The average molecular weight is 485 g/mol. The molecule has 0 bridgehead atoms. The van der Waals surface area contributed by atoms with Gasteiger partial charge in [0.2, 0.25) is 0 Å². The molecule has 182 valence electrons. The van der Waals surface area contributed by atoms with Gasteiger partial charge in [0.15, 0.2) is 5.16 Å². The van der Waals surface area contributed by atoms with Gasteiger partial charge >= 0.3 is 0 Å². The number of imidazole rings is 1. The number of hydrogen-bond acceptors (Lipinski definition) is 4. The summed E-state index contributed by atoms with van der Waals surface area (Å²) in [5.74, 6) is 1.08. The molecule has 0 radical (unpaired) electrons. The largest absolute Gasteiger partial charge is 0.367 e. The van der Waals surface area contributed by atoms with Gasteiger partial charge in [-0.2, -0.15) is 0 Å². The molecule has 1 saturated heterocycles. The van der Waals surface area contributed by atoms with Crippen LogP contribution in [0.4, 0.5) is 14.5 Å². The van der Waals surface area contributed by atoms with Gasteiger partial charge in [0.25, 0.3) is 0 Å². The first-order valence-electron chi connectivity index (χ1n) is 12.7. The van der Waals surface area contributed by atoms with E-state index in [-0.39, 0.29) is 11.6 Å². The first kappa shape index (κ1) is 23.6. The Kier molecular flexibility index (Phi) is 7.70. The van der Waals surface area contributed by atoms with Crippen LogP contribution in [0.15, 0.2) is 41.6 Å². The van der Waals surface area contributed by atoms with Crippen molar-refractivity contribution in [2.24, 2.45) is 5.92 Å². The van der Waals surface area contributed by atoms with E-state index < -0.39 is 0 Å². The van der Waals surface area contributed by atoms with E-state index in [1.807, 2.05) is 6.07 Å². The van der Waals surface area contributed by atoms with Gasteiger partial charge in [-0.25, -0.2) is 13.8 Å². The zero-order chi connectivity index (χ0) is 23.3. The first-order chi connectivity index (χ1) is 16.6. The smallest absolute Gasteiger partial charge is 0.166 e. The van der Waals surface area contributed by atoms with Crippen LogP contribution in [-0.4, -0.2) is 47.6 Å². The van der Waals surface area contributed by atoms with Gasteiger partial charge in [-0.3, -0.25) is 4.90 Å². The molecule has 0 amide bonds. The molecule has 1 N–H and O–H groups in total. The van der Waals surface area contributed by atoms with E-state index in [1.54, 1.807) is 30.0 Å². The van der Waals surface area contributed by atoms with E-state index in [0.29, 0.717) is 17.0 Å². The van der Waals surface area contributed by atoms with Crippen molar-refractivity contribution in [1.29, 1.82) is 0 Å². The minimum absolute atomic E-state index is 0.195. The number of fused-ring (bicyclic) bond motifs is 1. The third kappa shape index (κ3) is 5.92. The molecule has 0 atom stereocenters. The molecule has 0 spiro atoms. The number of nitrogens with one attached hydrogen (secondary N) is 1. The zero-order valence-electron chi connectivity index (χ0n) is 19.7. The molecule has 7 heteroatoms. The molecular formula is C27H34F2N4S. The Labute approximate surface area is 205 Å². The maximum Gasteiger partial charge on any atom is 0.166 e. The quantitative estimate of drug-likeness (QED) is 0.399. The van der Waals surface area contributed by atoms with Crippen molar-refractivity contribution < 1.29 is 8.78 Å². The fourth-order valence-electron chi connectivity index (χ4n) is 5.30. The van der Waals surface area contributed by atoms with E-state index in [2.05, 4.69) is 19.8 Å². The van der Waals surface area contributed by atoms with Crippen LogP contribution in [0.2, 0.25) is 0 Å². The number of aromatic amines is 1. The average Bonchev–Trinajstić information content (AvgIpc) is 3.22. The van der Waals surface area contributed by atoms with Crippen LogP contribution in [0.3, 0.4) is 0 Å². The summed E-state index contributed by atoms with van der Waals surface area (Å²) in [6, 6.07) is 9.94. The normalized spacial score (nSPS) is 18.8. The lowest BCUT2D eigenvalue weighted by molar-refractivity contribution is 0.198. The molecule has 1 aromatic heterocycles. The molecule has 1 aliphatic heterocycles. The molecule has 2 aromatic carbocycles. The minimum atomic E-state index is -0.235. The van der Waals surface area contributed by atoms with Crippen LogP contribution in [-0.2, 0) is 5.75 Å². The van der Waals surface area contributed by atoms with Gasteiger partial charge in [-0.1, -0.05) is 56.0 Å². The number of piperazine rings is 1. The summed E-state index contributed by atoms with van der Waals surface area (Å²) >= 11 is 1.54. The van der Waals surface area contributed by atoms with Crippen molar-refractivity contribution in [2.75, 3.05) is 37.6 Å². The Balaban J connectivity index is 1.19. The summed E-state index contributed by atoms with van der Waals surface area (Å²) in [5.41, 5.74) is 3.18.